The van der Waals surface area contributed by atoms with E-state index in [4.69, 9.17) is 0 Å². The minimum atomic E-state index is -0.130. The first-order valence-electron chi connectivity index (χ1n) is 9.17. The first-order chi connectivity index (χ1) is 14.6. The van der Waals surface area contributed by atoms with E-state index >= 15 is 0 Å². The summed E-state index contributed by atoms with van der Waals surface area (Å²) < 4.78 is 1.98. The highest BCUT2D eigenvalue weighted by Gasteiger charge is 2.16. The number of thioether (sulfide) groups is 1. The predicted octanol–water partition coefficient (Wildman–Crippen LogP) is 5.36. The second-order valence-electron chi connectivity index (χ2n) is 6.39. The third-order valence-corrected chi connectivity index (χ3v) is 6.76. The number of allylic oxidation sites excluding steroid dienone is 1. The van der Waals surface area contributed by atoms with Crippen LogP contribution >= 0.6 is 34.4 Å². The molecule has 0 unspecified atom stereocenters. The van der Waals surface area contributed by atoms with Crippen molar-refractivity contribution in [2.75, 3.05) is 11.1 Å². The molecule has 4 rings (SSSR count). The number of rotatable bonds is 8. The molecule has 0 aliphatic carbocycles. The Morgan fingerprint density at radius 3 is 2.77 bits per heavy atom. The maximum atomic E-state index is 12.4. The van der Waals surface area contributed by atoms with Crippen LogP contribution in [0.5, 0.6) is 0 Å². The van der Waals surface area contributed by atoms with Gasteiger partial charge in [0.25, 0.3) is 0 Å². The molecule has 0 bridgehead atoms. The molecule has 0 atom stereocenters. The summed E-state index contributed by atoms with van der Waals surface area (Å²) in [6.07, 6.45) is 1.80. The van der Waals surface area contributed by atoms with Gasteiger partial charge in [-0.15, -0.1) is 39.4 Å². The Morgan fingerprint density at radius 2 is 2.03 bits per heavy atom. The molecule has 0 spiro atoms. The standard InChI is InChI=1S/C21H19N5OS3/c1-3-9-26-19(16-10-14(2)28-11-16)24-25-21(26)30-13-18(27)23-20-22-17(12-29-20)15-7-5-4-6-8-15/h3-8,10-12H,1,9,13H2,2H3,(H,22,23,27). The quantitative estimate of drug-likeness (QED) is 0.287. The van der Waals surface area contributed by atoms with E-state index in [9.17, 15) is 4.79 Å². The molecule has 0 aliphatic heterocycles. The van der Waals surface area contributed by atoms with Crippen molar-refractivity contribution in [2.24, 2.45) is 0 Å². The van der Waals surface area contributed by atoms with Gasteiger partial charge in [-0.25, -0.2) is 4.98 Å². The first-order valence-corrected chi connectivity index (χ1v) is 11.9. The van der Waals surface area contributed by atoms with Crippen LogP contribution in [0.1, 0.15) is 4.88 Å². The lowest BCUT2D eigenvalue weighted by Gasteiger charge is -2.06. The van der Waals surface area contributed by atoms with Crippen LogP contribution in [0.2, 0.25) is 0 Å². The summed E-state index contributed by atoms with van der Waals surface area (Å²) in [5.41, 5.74) is 2.90. The van der Waals surface area contributed by atoms with Gasteiger partial charge in [-0.2, -0.15) is 0 Å². The van der Waals surface area contributed by atoms with Crippen LogP contribution in [-0.2, 0) is 11.3 Å². The number of anilines is 1. The van der Waals surface area contributed by atoms with Crippen molar-refractivity contribution >= 4 is 45.5 Å². The second-order valence-corrected chi connectivity index (χ2v) is 9.31. The first kappa shape index (κ1) is 20.5. The Morgan fingerprint density at radius 1 is 1.20 bits per heavy atom. The Labute approximate surface area is 186 Å². The fourth-order valence-corrected chi connectivity index (χ4v) is 4.99. The van der Waals surface area contributed by atoms with Gasteiger partial charge in [0, 0.05) is 33.3 Å². The number of thiophene rings is 1. The van der Waals surface area contributed by atoms with E-state index in [1.807, 2.05) is 40.3 Å². The largest absolute Gasteiger partial charge is 0.301 e. The number of carbonyl (C=O) groups excluding carboxylic acids is 1. The number of nitrogens with zero attached hydrogens (tertiary/aromatic N) is 4. The monoisotopic (exact) mass is 453 g/mol. The Kier molecular flexibility index (Phi) is 6.41. The molecular formula is C21H19N5OS3. The van der Waals surface area contributed by atoms with Gasteiger partial charge in [0.2, 0.25) is 5.91 Å². The summed E-state index contributed by atoms with van der Waals surface area (Å²) >= 11 is 4.43. The fourth-order valence-electron chi connectivity index (χ4n) is 2.82. The molecule has 3 aromatic heterocycles. The van der Waals surface area contributed by atoms with Crippen molar-refractivity contribution in [3.63, 3.8) is 0 Å². The van der Waals surface area contributed by atoms with Crippen LogP contribution in [-0.4, -0.2) is 31.4 Å². The zero-order valence-electron chi connectivity index (χ0n) is 16.2. The van der Waals surface area contributed by atoms with E-state index in [0.717, 1.165) is 22.6 Å². The molecule has 0 saturated heterocycles. The molecule has 1 N–H and O–H groups in total. The number of amides is 1. The van der Waals surface area contributed by atoms with Crippen molar-refractivity contribution in [1.29, 1.82) is 0 Å². The Bertz CT molecular complexity index is 1160. The average Bonchev–Trinajstić information content (AvgIpc) is 3.48. The van der Waals surface area contributed by atoms with Gasteiger partial charge in [0.05, 0.1) is 11.4 Å². The molecule has 9 heteroatoms. The van der Waals surface area contributed by atoms with Crippen molar-refractivity contribution < 1.29 is 4.79 Å². The van der Waals surface area contributed by atoms with Crippen molar-refractivity contribution in [1.82, 2.24) is 19.7 Å². The minimum absolute atomic E-state index is 0.130. The lowest BCUT2D eigenvalue weighted by molar-refractivity contribution is -0.113. The summed E-state index contributed by atoms with van der Waals surface area (Å²) in [5, 5.41) is 16.7. The van der Waals surface area contributed by atoms with E-state index in [0.29, 0.717) is 16.8 Å². The predicted molar refractivity (Wildman–Crippen MR) is 125 cm³/mol. The van der Waals surface area contributed by atoms with Crippen LogP contribution in [0.3, 0.4) is 0 Å². The van der Waals surface area contributed by atoms with E-state index in [1.54, 1.807) is 17.4 Å². The number of carbonyl (C=O) groups is 1. The molecule has 0 aliphatic rings. The second kappa shape index (κ2) is 9.38. The van der Waals surface area contributed by atoms with Gasteiger partial charge in [-0.3, -0.25) is 9.36 Å². The molecule has 4 aromatic rings. The van der Waals surface area contributed by atoms with Crippen molar-refractivity contribution in [3.05, 3.63) is 64.7 Å². The molecule has 152 valence electrons. The number of thiazole rings is 1. The molecule has 0 radical (unpaired) electrons. The van der Waals surface area contributed by atoms with Crippen molar-refractivity contribution in [2.45, 2.75) is 18.6 Å². The van der Waals surface area contributed by atoms with E-state index in [-0.39, 0.29) is 11.7 Å². The van der Waals surface area contributed by atoms with Crippen LogP contribution in [0.4, 0.5) is 5.13 Å². The number of hydrogen-bond donors (Lipinski definition) is 1. The topological polar surface area (TPSA) is 72.7 Å². The number of nitrogens with one attached hydrogen (secondary N) is 1. The van der Waals surface area contributed by atoms with Crippen LogP contribution in [0.25, 0.3) is 22.6 Å². The maximum absolute atomic E-state index is 12.4. The molecule has 3 heterocycles. The van der Waals surface area contributed by atoms with Gasteiger partial charge in [-0.1, -0.05) is 48.2 Å². The summed E-state index contributed by atoms with van der Waals surface area (Å²) in [7, 11) is 0. The smallest absolute Gasteiger partial charge is 0.236 e. The normalized spacial score (nSPS) is 10.8. The lowest BCUT2D eigenvalue weighted by Crippen LogP contribution is -2.14. The molecular weight excluding hydrogens is 434 g/mol. The van der Waals surface area contributed by atoms with Crippen LogP contribution in [0, 0.1) is 6.92 Å². The third kappa shape index (κ3) is 4.69. The lowest BCUT2D eigenvalue weighted by atomic mass is 10.2. The number of aryl methyl sites for hydroxylation is 1. The Hall–Kier alpha value is -2.75. The highest BCUT2D eigenvalue weighted by Crippen LogP contribution is 2.28. The zero-order valence-corrected chi connectivity index (χ0v) is 18.7. The minimum Gasteiger partial charge on any atom is -0.301 e. The van der Waals surface area contributed by atoms with Crippen LogP contribution < -0.4 is 5.32 Å². The van der Waals surface area contributed by atoms with Gasteiger partial charge in [0.15, 0.2) is 16.1 Å². The molecule has 0 saturated carbocycles. The highest BCUT2D eigenvalue weighted by atomic mass is 32.2. The van der Waals surface area contributed by atoms with Gasteiger partial charge in [-0.05, 0) is 13.0 Å². The fraction of sp³-hybridized carbons (Fsp3) is 0.143. The summed E-state index contributed by atoms with van der Waals surface area (Å²) in [6, 6.07) is 12.0. The van der Waals surface area contributed by atoms with E-state index in [1.165, 1.54) is 28.0 Å². The summed E-state index contributed by atoms with van der Waals surface area (Å²) in [5.74, 6) is 0.877. The molecule has 30 heavy (non-hydrogen) atoms. The zero-order chi connectivity index (χ0) is 20.9. The van der Waals surface area contributed by atoms with Gasteiger partial charge in [0.1, 0.15) is 0 Å². The van der Waals surface area contributed by atoms with Gasteiger partial charge < -0.3 is 5.32 Å². The number of aromatic nitrogens is 4. The highest BCUT2D eigenvalue weighted by molar-refractivity contribution is 7.99. The van der Waals surface area contributed by atoms with E-state index < -0.39 is 0 Å². The number of hydrogen-bond acceptors (Lipinski definition) is 7. The summed E-state index contributed by atoms with van der Waals surface area (Å²) in [4.78, 5) is 18.2. The average molecular weight is 454 g/mol. The SMILES string of the molecule is C=CCn1c(SCC(=O)Nc2nc(-c3ccccc3)cs2)nnc1-c1csc(C)c1. The van der Waals surface area contributed by atoms with Gasteiger partial charge >= 0.3 is 0 Å². The number of benzene rings is 1. The molecule has 6 nitrogen and oxygen atoms in total. The maximum Gasteiger partial charge on any atom is 0.236 e. The molecule has 1 amide bonds. The molecule has 1 aromatic carbocycles. The third-order valence-electron chi connectivity index (χ3n) is 4.17. The summed E-state index contributed by atoms with van der Waals surface area (Å²) in [6.45, 7) is 6.46. The van der Waals surface area contributed by atoms with Crippen molar-refractivity contribution in [3.8, 4) is 22.6 Å². The molecule has 0 fully saturated rings. The van der Waals surface area contributed by atoms with E-state index in [2.05, 4.69) is 45.4 Å². The van der Waals surface area contributed by atoms with Crippen LogP contribution in [0.15, 0.2) is 65.0 Å². The Balaban J connectivity index is 1.41.